The van der Waals surface area contributed by atoms with Crippen LogP contribution in [0.4, 0.5) is 0 Å². The highest BCUT2D eigenvalue weighted by Crippen LogP contribution is 2.41. The Balaban J connectivity index is 2.20. The Morgan fingerprint density at radius 1 is 1.47 bits per heavy atom. The van der Waals surface area contributed by atoms with Crippen LogP contribution in [0.5, 0.6) is 0 Å². The first-order chi connectivity index (χ1) is 7.20. The van der Waals surface area contributed by atoms with Crippen molar-refractivity contribution in [2.75, 3.05) is 18.6 Å². The van der Waals surface area contributed by atoms with E-state index in [2.05, 4.69) is 25.4 Å². The molecule has 0 amide bonds. The average molecular weight is 229 g/mol. The summed E-state index contributed by atoms with van der Waals surface area (Å²) in [6.45, 7) is 5.94. The molecule has 1 rings (SSSR count). The van der Waals surface area contributed by atoms with Crippen molar-refractivity contribution in [3.63, 3.8) is 0 Å². The number of hydrogen-bond donors (Lipinski definition) is 1. The van der Waals surface area contributed by atoms with Crippen molar-refractivity contribution in [1.82, 2.24) is 5.32 Å². The summed E-state index contributed by atoms with van der Waals surface area (Å²) in [5.41, 5.74) is 0.640. The molecular weight excluding hydrogens is 202 g/mol. The summed E-state index contributed by atoms with van der Waals surface area (Å²) in [6, 6.07) is 0.809. The zero-order valence-corrected chi connectivity index (χ0v) is 11.5. The molecule has 1 saturated carbocycles. The van der Waals surface area contributed by atoms with Crippen LogP contribution in [0.2, 0.25) is 0 Å². The SMILES string of the molecule is CCCNC1CCC(C)(CCCSC)C1. The van der Waals surface area contributed by atoms with Crippen LogP contribution in [0.25, 0.3) is 0 Å². The van der Waals surface area contributed by atoms with Crippen molar-refractivity contribution in [2.45, 2.75) is 58.4 Å². The Morgan fingerprint density at radius 2 is 2.27 bits per heavy atom. The van der Waals surface area contributed by atoms with Gasteiger partial charge in [-0.1, -0.05) is 13.8 Å². The lowest BCUT2D eigenvalue weighted by Gasteiger charge is -2.24. The van der Waals surface area contributed by atoms with Crippen molar-refractivity contribution in [1.29, 1.82) is 0 Å². The molecule has 1 aliphatic rings. The second-order valence-electron chi connectivity index (χ2n) is 5.30. The fraction of sp³-hybridized carbons (Fsp3) is 1.00. The van der Waals surface area contributed by atoms with Crippen LogP contribution in [-0.2, 0) is 0 Å². The predicted octanol–water partition coefficient (Wildman–Crippen LogP) is 3.69. The smallest absolute Gasteiger partial charge is 0.00724 e. The van der Waals surface area contributed by atoms with Gasteiger partial charge in [0.15, 0.2) is 0 Å². The van der Waals surface area contributed by atoms with Gasteiger partial charge in [0.05, 0.1) is 0 Å². The van der Waals surface area contributed by atoms with Gasteiger partial charge >= 0.3 is 0 Å². The van der Waals surface area contributed by atoms with E-state index in [-0.39, 0.29) is 0 Å². The van der Waals surface area contributed by atoms with Gasteiger partial charge in [0.1, 0.15) is 0 Å². The number of hydrogen-bond acceptors (Lipinski definition) is 2. The van der Waals surface area contributed by atoms with Crippen LogP contribution in [0.1, 0.15) is 52.4 Å². The standard InChI is InChI=1S/C13H27NS/c1-4-9-14-12-6-8-13(2,11-12)7-5-10-15-3/h12,14H,4-11H2,1-3H3. The second kappa shape index (κ2) is 6.80. The molecule has 0 saturated heterocycles. The molecule has 1 aliphatic carbocycles. The molecule has 0 aromatic heterocycles. The van der Waals surface area contributed by atoms with E-state index >= 15 is 0 Å². The lowest BCUT2D eigenvalue weighted by molar-refractivity contribution is 0.296. The highest BCUT2D eigenvalue weighted by Gasteiger charge is 2.33. The lowest BCUT2D eigenvalue weighted by atomic mass is 9.84. The molecule has 0 radical (unpaired) electrons. The highest BCUT2D eigenvalue weighted by molar-refractivity contribution is 7.98. The zero-order valence-electron chi connectivity index (χ0n) is 10.6. The van der Waals surface area contributed by atoms with Crippen LogP contribution in [0.15, 0.2) is 0 Å². The van der Waals surface area contributed by atoms with E-state index < -0.39 is 0 Å². The number of rotatable bonds is 7. The van der Waals surface area contributed by atoms with E-state index in [0.717, 1.165) is 6.04 Å². The van der Waals surface area contributed by atoms with E-state index in [9.17, 15) is 0 Å². The third-order valence-electron chi connectivity index (χ3n) is 3.65. The molecule has 0 aliphatic heterocycles. The Hall–Kier alpha value is 0.310. The predicted molar refractivity (Wildman–Crippen MR) is 71.7 cm³/mol. The first-order valence-electron chi connectivity index (χ1n) is 6.42. The van der Waals surface area contributed by atoms with E-state index in [1.165, 1.54) is 50.8 Å². The van der Waals surface area contributed by atoms with Crippen molar-refractivity contribution in [3.8, 4) is 0 Å². The van der Waals surface area contributed by atoms with Crippen LogP contribution in [0, 0.1) is 5.41 Å². The Labute approximate surface area is 99.8 Å². The first kappa shape index (κ1) is 13.4. The first-order valence-corrected chi connectivity index (χ1v) is 7.82. The maximum absolute atomic E-state index is 3.67. The molecule has 90 valence electrons. The van der Waals surface area contributed by atoms with Gasteiger partial charge in [0.2, 0.25) is 0 Å². The van der Waals surface area contributed by atoms with Gasteiger partial charge in [-0.3, -0.25) is 0 Å². The molecule has 0 bridgehead atoms. The van der Waals surface area contributed by atoms with E-state index in [4.69, 9.17) is 0 Å². The molecule has 2 atom stereocenters. The van der Waals surface area contributed by atoms with Crippen LogP contribution in [-0.4, -0.2) is 24.6 Å². The van der Waals surface area contributed by atoms with Gasteiger partial charge in [-0.25, -0.2) is 0 Å². The van der Waals surface area contributed by atoms with Gasteiger partial charge in [-0.2, -0.15) is 11.8 Å². The van der Waals surface area contributed by atoms with E-state index in [1.807, 2.05) is 11.8 Å². The van der Waals surface area contributed by atoms with Crippen LogP contribution < -0.4 is 5.32 Å². The fourth-order valence-electron chi connectivity index (χ4n) is 2.71. The fourth-order valence-corrected chi connectivity index (χ4v) is 3.15. The molecule has 0 aromatic rings. The second-order valence-corrected chi connectivity index (χ2v) is 6.29. The summed E-state index contributed by atoms with van der Waals surface area (Å²) < 4.78 is 0. The molecule has 2 unspecified atom stereocenters. The van der Waals surface area contributed by atoms with Gasteiger partial charge < -0.3 is 5.32 Å². The van der Waals surface area contributed by atoms with E-state index in [0.29, 0.717) is 5.41 Å². The maximum atomic E-state index is 3.67. The van der Waals surface area contributed by atoms with E-state index in [1.54, 1.807) is 0 Å². The molecule has 2 heteroatoms. The van der Waals surface area contributed by atoms with Crippen molar-refractivity contribution < 1.29 is 0 Å². The molecule has 1 fully saturated rings. The minimum absolute atomic E-state index is 0.640. The highest BCUT2D eigenvalue weighted by atomic mass is 32.2. The van der Waals surface area contributed by atoms with Crippen LogP contribution >= 0.6 is 11.8 Å². The zero-order chi connectivity index (χ0) is 11.1. The molecule has 0 heterocycles. The van der Waals surface area contributed by atoms with Crippen molar-refractivity contribution in [3.05, 3.63) is 0 Å². The molecule has 1 nitrogen and oxygen atoms in total. The summed E-state index contributed by atoms with van der Waals surface area (Å²) in [6.07, 6.45) is 10.5. The number of thioether (sulfide) groups is 1. The Bertz CT molecular complexity index is 172. The third-order valence-corrected chi connectivity index (χ3v) is 4.34. The van der Waals surface area contributed by atoms with Gasteiger partial charge in [0, 0.05) is 6.04 Å². The molecule has 15 heavy (non-hydrogen) atoms. The summed E-state index contributed by atoms with van der Waals surface area (Å²) in [4.78, 5) is 0. The molecule has 0 spiro atoms. The number of nitrogens with one attached hydrogen (secondary N) is 1. The van der Waals surface area contributed by atoms with Crippen LogP contribution in [0.3, 0.4) is 0 Å². The third kappa shape index (κ3) is 4.78. The lowest BCUT2D eigenvalue weighted by Crippen LogP contribution is -2.28. The van der Waals surface area contributed by atoms with Crippen molar-refractivity contribution >= 4 is 11.8 Å². The molecule has 1 N–H and O–H groups in total. The topological polar surface area (TPSA) is 12.0 Å². The summed E-state index contributed by atoms with van der Waals surface area (Å²) in [7, 11) is 0. The average Bonchev–Trinajstić information content (AvgIpc) is 2.58. The minimum Gasteiger partial charge on any atom is -0.314 e. The minimum atomic E-state index is 0.640. The molecule has 0 aromatic carbocycles. The van der Waals surface area contributed by atoms with Gasteiger partial charge in [-0.15, -0.1) is 0 Å². The Morgan fingerprint density at radius 3 is 2.93 bits per heavy atom. The van der Waals surface area contributed by atoms with Gasteiger partial charge in [-0.05, 0) is 62.5 Å². The maximum Gasteiger partial charge on any atom is 0.00724 e. The monoisotopic (exact) mass is 229 g/mol. The normalized spacial score (nSPS) is 31.0. The quantitative estimate of drug-likeness (QED) is 0.668. The summed E-state index contributed by atoms with van der Waals surface area (Å²) in [5.74, 6) is 1.34. The Kier molecular flexibility index (Phi) is 6.06. The summed E-state index contributed by atoms with van der Waals surface area (Å²) in [5, 5.41) is 3.67. The van der Waals surface area contributed by atoms with Crippen molar-refractivity contribution in [2.24, 2.45) is 5.41 Å². The largest absolute Gasteiger partial charge is 0.314 e. The molecular formula is C13H27NS. The summed E-state index contributed by atoms with van der Waals surface area (Å²) >= 11 is 1.98. The van der Waals surface area contributed by atoms with Gasteiger partial charge in [0.25, 0.3) is 0 Å².